The quantitative estimate of drug-likeness (QED) is 0.864. The maximum atomic E-state index is 12.2. The van der Waals surface area contributed by atoms with Crippen LogP contribution in [0.5, 0.6) is 0 Å². The van der Waals surface area contributed by atoms with E-state index in [9.17, 15) is 4.79 Å². The lowest BCUT2D eigenvalue weighted by Crippen LogP contribution is -2.29. The first-order chi connectivity index (χ1) is 9.08. The zero-order chi connectivity index (χ0) is 13.8. The van der Waals surface area contributed by atoms with Crippen molar-refractivity contribution in [2.75, 3.05) is 11.9 Å². The molecule has 1 heterocycles. The number of nitrogens with zero attached hydrogens (tertiary/aromatic N) is 2. The molecule has 0 aromatic carbocycles. The van der Waals surface area contributed by atoms with Gasteiger partial charge in [-0.2, -0.15) is 0 Å². The summed E-state index contributed by atoms with van der Waals surface area (Å²) in [6.45, 7) is 4.77. The van der Waals surface area contributed by atoms with Crippen LogP contribution in [0.25, 0.3) is 0 Å². The molecule has 4 nitrogen and oxygen atoms in total. The second kappa shape index (κ2) is 6.42. The predicted octanol–water partition coefficient (Wildman–Crippen LogP) is 3.03. The van der Waals surface area contributed by atoms with Crippen LogP contribution < -0.4 is 10.9 Å². The number of hydrogen-bond acceptors (Lipinski definition) is 3. The maximum absolute atomic E-state index is 12.2. The molecule has 1 saturated carbocycles. The number of nitrogens with one attached hydrogen (secondary N) is 1. The molecule has 1 fully saturated rings. The van der Waals surface area contributed by atoms with Crippen molar-refractivity contribution in [1.82, 2.24) is 9.55 Å². The molecule has 2 rings (SSSR count). The fourth-order valence-electron chi connectivity index (χ4n) is 2.60. The number of hydrogen-bond donors (Lipinski definition) is 1. The van der Waals surface area contributed by atoms with Crippen molar-refractivity contribution in [2.24, 2.45) is 5.92 Å². The van der Waals surface area contributed by atoms with Crippen LogP contribution in [-0.2, 0) is 0 Å². The van der Waals surface area contributed by atoms with Crippen LogP contribution in [0.1, 0.15) is 45.6 Å². The summed E-state index contributed by atoms with van der Waals surface area (Å²) in [5, 5.41) is 3.48. The van der Waals surface area contributed by atoms with Crippen LogP contribution in [0.4, 0.5) is 5.82 Å². The van der Waals surface area contributed by atoms with Crippen molar-refractivity contribution in [1.29, 1.82) is 0 Å². The highest BCUT2D eigenvalue weighted by Crippen LogP contribution is 2.27. The Morgan fingerprint density at radius 2 is 2.32 bits per heavy atom. The molecule has 0 aliphatic heterocycles. The Morgan fingerprint density at radius 3 is 3.00 bits per heavy atom. The average Bonchev–Trinajstić information content (AvgIpc) is 2.37. The Morgan fingerprint density at radius 1 is 1.53 bits per heavy atom. The van der Waals surface area contributed by atoms with E-state index in [-0.39, 0.29) is 17.0 Å². The van der Waals surface area contributed by atoms with Crippen molar-refractivity contribution in [3.8, 4) is 0 Å². The Balaban J connectivity index is 2.00. The molecule has 0 bridgehead atoms. The molecular weight excluding hydrogens is 262 g/mol. The first-order valence-electron chi connectivity index (χ1n) is 7.03. The van der Waals surface area contributed by atoms with Crippen molar-refractivity contribution in [2.45, 2.75) is 50.9 Å². The average molecular weight is 284 g/mol. The minimum absolute atomic E-state index is 0.0456. The van der Waals surface area contributed by atoms with Crippen LogP contribution in [0.2, 0.25) is 0 Å². The third-order valence-corrected chi connectivity index (χ3v) is 4.10. The maximum Gasteiger partial charge on any atom is 0.293 e. The molecule has 2 unspecified atom stereocenters. The fourth-order valence-corrected chi connectivity index (χ4v) is 3.01. The highest BCUT2D eigenvalue weighted by molar-refractivity contribution is 6.20. The second-order valence-corrected chi connectivity index (χ2v) is 6.21. The highest BCUT2D eigenvalue weighted by atomic mass is 35.5. The molecule has 0 amide bonds. The largest absolute Gasteiger partial charge is 0.365 e. The third kappa shape index (κ3) is 3.72. The minimum atomic E-state index is -0.0456. The summed E-state index contributed by atoms with van der Waals surface area (Å²) in [4.78, 5) is 16.3. The normalized spacial score (nSPS) is 23.6. The van der Waals surface area contributed by atoms with E-state index in [1.54, 1.807) is 17.0 Å². The fraction of sp³-hybridized carbons (Fsp3) is 0.714. The number of anilines is 1. The molecule has 0 spiro atoms. The first-order valence-corrected chi connectivity index (χ1v) is 7.46. The molecule has 1 aliphatic carbocycles. The van der Waals surface area contributed by atoms with Gasteiger partial charge in [-0.15, -0.1) is 11.6 Å². The predicted molar refractivity (Wildman–Crippen MR) is 79.0 cm³/mol. The van der Waals surface area contributed by atoms with Crippen LogP contribution in [-0.4, -0.2) is 21.5 Å². The van der Waals surface area contributed by atoms with Crippen LogP contribution in [0.15, 0.2) is 17.2 Å². The standard InChI is InChI=1S/C14H22ClN3O/c1-10(2)18-7-6-16-13(14(18)19)17-9-11-4-3-5-12(15)8-11/h6-7,10-12H,3-5,8-9H2,1-2H3,(H,16,17). The molecule has 5 heteroatoms. The second-order valence-electron chi connectivity index (χ2n) is 5.59. The monoisotopic (exact) mass is 283 g/mol. The van der Waals surface area contributed by atoms with E-state index in [4.69, 9.17) is 11.6 Å². The van der Waals surface area contributed by atoms with Gasteiger partial charge < -0.3 is 9.88 Å². The molecule has 2 atom stereocenters. The van der Waals surface area contributed by atoms with Gasteiger partial charge in [-0.1, -0.05) is 6.42 Å². The van der Waals surface area contributed by atoms with E-state index in [0.717, 1.165) is 19.4 Å². The Labute approximate surface area is 119 Å². The molecule has 0 saturated heterocycles. The lowest BCUT2D eigenvalue weighted by Gasteiger charge is -2.25. The van der Waals surface area contributed by atoms with Crippen LogP contribution in [0.3, 0.4) is 0 Å². The SMILES string of the molecule is CC(C)n1ccnc(NCC2CCCC(Cl)C2)c1=O. The van der Waals surface area contributed by atoms with E-state index < -0.39 is 0 Å². The Bertz CT molecular complexity index is 472. The summed E-state index contributed by atoms with van der Waals surface area (Å²) in [6.07, 6.45) is 7.91. The van der Waals surface area contributed by atoms with Crippen molar-refractivity contribution in [3.63, 3.8) is 0 Å². The number of halogens is 1. The smallest absolute Gasteiger partial charge is 0.293 e. The summed E-state index contributed by atoms with van der Waals surface area (Å²) in [5.74, 6) is 0.998. The van der Waals surface area contributed by atoms with E-state index in [0.29, 0.717) is 11.7 Å². The van der Waals surface area contributed by atoms with Crippen LogP contribution in [0, 0.1) is 5.92 Å². The summed E-state index contributed by atoms with van der Waals surface area (Å²) in [6, 6.07) is 0.151. The van der Waals surface area contributed by atoms with Crippen LogP contribution >= 0.6 is 11.6 Å². The molecule has 19 heavy (non-hydrogen) atoms. The highest BCUT2D eigenvalue weighted by Gasteiger charge is 2.20. The van der Waals surface area contributed by atoms with Gasteiger partial charge in [0.2, 0.25) is 0 Å². The van der Waals surface area contributed by atoms with Crippen molar-refractivity contribution in [3.05, 3.63) is 22.7 Å². The lowest BCUT2D eigenvalue weighted by atomic mass is 9.89. The summed E-state index contributed by atoms with van der Waals surface area (Å²) < 4.78 is 1.69. The summed E-state index contributed by atoms with van der Waals surface area (Å²) in [7, 11) is 0. The topological polar surface area (TPSA) is 46.9 Å². The minimum Gasteiger partial charge on any atom is -0.365 e. The molecule has 1 aromatic rings. The van der Waals surface area contributed by atoms with Crippen molar-refractivity contribution < 1.29 is 0 Å². The summed E-state index contributed by atoms with van der Waals surface area (Å²) >= 11 is 6.18. The molecule has 1 N–H and O–H groups in total. The number of alkyl halides is 1. The number of aromatic nitrogens is 2. The molecule has 1 aliphatic rings. The zero-order valence-corrected chi connectivity index (χ0v) is 12.4. The van der Waals surface area contributed by atoms with Gasteiger partial charge >= 0.3 is 0 Å². The Kier molecular flexibility index (Phi) is 4.86. The van der Waals surface area contributed by atoms with Gasteiger partial charge in [0.15, 0.2) is 5.82 Å². The van der Waals surface area contributed by atoms with Gasteiger partial charge in [0.1, 0.15) is 0 Å². The van der Waals surface area contributed by atoms with E-state index in [2.05, 4.69) is 10.3 Å². The zero-order valence-electron chi connectivity index (χ0n) is 11.6. The lowest BCUT2D eigenvalue weighted by molar-refractivity contribution is 0.378. The van der Waals surface area contributed by atoms with Gasteiger partial charge in [0.25, 0.3) is 5.56 Å². The van der Waals surface area contributed by atoms with E-state index in [1.165, 1.54) is 12.8 Å². The molecule has 0 radical (unpaired) electrons. The van der Waals surface area contributed by atoms with Gasteiger partial charge in [-0.3, -0.25) is 4.79 Å². The summed E-state index contributed by atoms with van der Waals surface area (Å²) in [5.41, 5.74) is -0.0456. The number of rotatable bonds is 4. The van der Waals surface area contributed by atoms with Gasteiger partial charge in [0, 0.05) is 30.4 Å². The van der Waals surface area contributed by atoms with Gasteiger partial charge in [-0.25, -0.2) is 4.98 Å². The van der Waals surface area contributed by atoms with E-state index in [1.807, 2.05) is 13.8 Å². The van der Waals surface area contributed by atoms with Crippen molar-refractivity contribution >= 4 is 17.4 Å². The molecule has 106 valence electrons. The third-order valence-electron chi connectivity index (χ3n) is 3.70. The molecule has 1 aromatic heterocycles. The Hall–Kier alpha value is -1.03. The van der Waals surface area contributed by atoms with Gasteiger partial charge in [0.05, 0.1) is 0 Å². The first kappa shape index (κ1) is 14.4. The molecular formula is C14H22ClN3O. The van der Waals surface area contributed by atoms with E-state index >= 15 is 0 Å². The van der Waals surface area contributed by atoms with Gasteiger partial charge in [-0.05, 0) is 39.0 Å².